The summed E-state index contributed by atoms with van der Waals surface area (Å²) in [6.45, 7) is 9.22. The first-order valence-electron chi connectivity index (χ1n) is 10.2. The van der Waals surface area contributed by atoms with Gasteiger partial charge < -0.3 is 15.5 Å². The van der Waals surface area contributed by atoms with Crippen LogP contribution in [0, 0.1) is 19.7 Å². The topological polar surface area (TPSA) is 88.5 Å². The Labute approximate surface area is 186 Å². The minimum atomic E-state index is -0.348. The first-order valence-corrected chi connectivity index (χ1v) is 10.2. The summed E-state index contributed by atoms with van der Waals surface area (Å²) in [4.78, 5) is 27.0. The van der Waals surface area contributed by atoms with Crippen LogP contribution in [0.5, 0.6) is 0 Å². The van der Waals surface area contributed by atoms with Crippen molar-refractivity contribution in [3.8, 4) is 0 Å². The third-order valence-corrected chi connectivity index (χ3v) is 4.81. The molecule has 166 valence electrons. The minimum absolute atomic E-state index is 0.232. The molecule has 2 N–H and O–H groups in total. The van der Waals surface area contributed by atoms with Crippen molar-refractivity contribution >= 4 is 11.6 Å². The van der Waals surface area contributed by atoms with Gasteiger partial charge in [0.05, 0.1) is 5.69 Å². The number of carbonyl (C=O) groups is 1. The first kappa shape index (κ1) is 22.9. The number of benzene rings is 1. The van der Waals surface area contributed by atoms with Crippen LogP contribution in [0.4, 0.5) is 4.39 Å². The Morgan fingerprint density at radius 3 is 2.84 bits per heavy atom. The third kappa shape index (κ3) is 5.66. The second-order valence-electron chi connectivity index (χ2n) is 7.30. The van der Waals surface area contributed by atoms with Crippen molar-refractivity contribution in [3.63, 3.8) is 0 Å². The van der Waals surface area contributed by atoms with Gasteiger partial charge in [-0.15, -0.1) is 0 Å². The van der Waals surface area contributed by atoms with Gasteiger partial charge >= 0.3 is 0 Å². The van der Waals surface area contributed by atoms with Crippen LogP contribution in [0.1, 0.15) is 46.5 Å². The standard InChI is InChI=1S/C24H26FN5O2/c1-5-7-18(14-26-6-2)23-12-21(30-32-23)20-11-22(29-16(4)28-20)24(31)27-13-17-8-9-19(25)15(3)10-17/h5-11,14,23,26H,2,12-13H2,1,3-4H3,(H,27,31)/b7-5-,18-14+. The summed E-state index contributed by atoms with van der Waals surface area (Å²) in [6.07, 6.45) is 7.45. The number of halogens is 1. The van der Waals surface area contributed by atoms with E-state index in [4.69, 9.17) is 4.84 Å². The maximum absolute atomic E-state index is 13.4. The summed E-state index contributed by atoms with van der Waals surface area (Å²) in [7, 11) is 0. The molecule has 0 fully saturated rings. The Kier molecular flexibility index (Phi) is 7.49. The zero-order chi connectivity index (χ0) is 23.1. The van der Waals surface area contributed by atoms with E-state index in [9.17, 15) is 9.18 Å². The van der Waals surface area contributed by atoms with Crippen LogP contribution in [0.25, 0.3) is 0 Å². The zero-order valence-corrected chi connectivity index (χ0v) is 18.4. The largest absolute Gasteiger partial charge is 0.387 e. The number of oxime groups is 1. The molecule has 3 rings (SSSR count). The number of hydrogen-bond acceptors (Lipinski definition) is 6. The SMILES string of the molecule is C=CN/C=C(\C=C/C)C1CC(c2cc(C(=O)NCc3ccc(F)c(C)c3)nc(C)n2)=NO1. The molecule has 0 aliphatic carbocycles. The van der Waals surface area contributed by atoms with E-state index in [0.717, 1.165) is 11.1 Å². The van der Waals surface area contributed by atoms with Crippen molar-refractivity contribution in [3.05, 3.63) is 95.1 Å². The summed E-state index contributed by atoms with van der Waals surface area (Å²) < 4.78 is 13.4. The predicted molar refractivity (Wildman–Crippen MR) is 121 cm³/mol. The van der Waals surface area contributed by atoms with E-state index in [1.165, 1.54) is 6.07 Å². The van der Waals surface area contributed by atoms with E-state index >= 15 is 0 Å². The molecule has 0 saturated carbocycles. The average molecular weight is 436 g/mol. The van der Waals surface area contributed by atoms with E-state index in [2.05, 4.69) is 32.3 Å². The van der Waals surface area contributed by atoms with Gasteiger partial charge in [0.25, 0.3) is 5.91 Å². The minimum Gasteiger partial charge on any atom is -0.387 e. The quantitative estimate of drug-likeness (QED) is 0.615. The van der Waals surface area contributed by atoms with Crippen molar-refractivity contribution in [1.29, 1.82) is 0 Å². The van der Waals surface area contributed by atoms with E-state index in [1.54, 1.807) is 44.4 Å². The van der Waals surface area contributed by atoms with Gasteiger partial charge in [-0.05, 0) is 50.2 Å². The molecule has 7 nitrogen and oxygen atoms in total. The van der Waals surface area contributed by atoms with Crippen molar-refractivity contribution in [1.82, 2.24) is 20.6 Å². The highest BCUT2D eigenvalue weighted by molar-refractivity contribution is 6.02. The molecule has 0 radical (unpaired) electrons. The summed E-state index contributed by atoms with van der Waals surface area (Å²) in [5, 5.41) is 9.95. The lowest BCUT2D eigenvalue weighted by Crippen LogP contribution is -2.25. The highest BCUT2D eigenvalue weighted by Crippen LogP contribution is 2.22. The number of hydrogen-bond donors (Lipinski definition) is 2. The molecule has 1 atom stereocenters. The summed E-state index contributed by atoms with van der Waals surface area (Å²) in [5.41, 5.74) is 3.65. The fourth-order valence-corrected chi connectivity index (χ4v) is 3.22. The summed E-state index contributed by atoms with van der Waals surface area (Å²) >= 11 is 0. The zero-order valence-electron chi connectivity index (χ0n) is 18.4. The van der Waals surface area contributed by atoms with Crippen LogP contribution in [0.2, 0.25) is 0 Å². The van der Waals surface area contributed by atoms with Gasteiger partial charge in [0, 0.05) is 24.7 Å². The number of nitrogens with one attached hydrogen (secondary N) is 2. The van der Waals surface area contributed by atoms with E-state index in [1.807, 2.05) is 19.1 Å². The maximum atomic E-state index is 13.4. The second-order valence-corrected chi connectivity index (χ2v) is 7.30. The summed E-state index contributed by atoms with van der Waals surface area (Å²) in [5.74, 6) is -0.171. The number of amides is 1. The van der Waals surface area contributed by atoms with E-state index in [-0.39, 0.29) is 30.1 Å². The number of nitrogens with zero attached hydrogens (tertiary/aromatic N) is 3. The van der Waals surface area contributed by atoms with Crippen LogP contribution in [0.15, 0.2) is 66.1 Å². The number of carbonyl (C=O) groups excluding carboxylic acids is 1. The van der Waals surface area contributed by atoms with Crippen molar-refractivity contribution in [2.24, 2.45) is 5.16 Å². The lowest BCUT2D eigenvalue weighted by molar-refractivity contribution is 0.0945. The molecular formula is C24H26FN5O2. The van der Waals surface area contributed by atoms with Crippen LogP contribution in [-0.2, 0) is 11.4 Å². The molecule has 1 aromatic carbocycles. The molecule has 1 amide bonds. The Morgan fingerprint density at radius 2 is 2.12 bits per heavy atom. The van der Waals surface area contributed by atoms with Gasteiger partial charge in [-0.1, -0.05) is 36.0 Å². The molecule has 0 bridgehead atoms. The third-order valence-electron chi connectivity index (χ3n) is 4.81. The van der Waals surface area contributed by atoms with Crippen LogP contribution in [0.3, 0.4) is 0 Å². The lowest BCUT2D eigenvalue weighted by atomic mass is 10.0. The molecule has 1 unspecified atom stereocenters. The molecule has 1 aliphatic heterocycles. The second kappa shape index (κ2) is 10.5. The van der Waals surface area contributed by atoms with Gasteiger partial charge in [-0.25, -0.2) is 14.4 Å². The van der Waals surface area contributed by atoms with Gasteiger partial charge in [-0.2, -0.15) is 0 Å². The van der Waals surface area contributed by atoms with E-state index < -0.39 is 0 Å². The molecule has 32 heavy (non-hydrogen) atoms. The Hall–Kier alpha value is -3.81. The highest BCUT2D eigenvalue weighted by Gasteiger charge is 2.26. The van der Waals surface area contributed by atoms with Crippen LogP contribution >= 0.6 is 0 Å². The fraction of sp³-hybridized carbons (Fsp3) is 0.250. The average Bonchev–Trinajstić information content (AvgIpc) is 3.27. The maximum Gasteiger partial charge on any atom is 0.270 e. The molecule has 1 aromatic heterocycles. The van der Waals surface area contributed by atoms with Crippen LogP contribution in [-0.4, -0.2) is 27.7 Å². The smallest absolute Gasteiger partial charge is 0.270 e. The van der Waals surface area contributed by atoms with Gasteiger partial charge in [0.15, 0.2) is 6.10 Å². The van der Waals surface area contributed by atoms with Crippen molar-refractivity contribution < 1.29 is 14.0 Å². The molecule has 2 heterocycles. The molecule has 0 saturated heterocycles. The molecular weight excluding hydrogens is 409 g/mol. The number of aryl methyl sites for hydroxylation is 2. The number of allylic oxidation sites excluding steroid dienone is 1. The van der Waals surface area contributed by atoms with Gasteiger partial charge in [0.2, 0.25) is 0 Å². The molecule has 1 aliphatic rings. The number of rotatable bonds is 8. The van der Waals surface area contributed by atoms with Crippen molar-refractivity contribution in [2.75, 3.05) is 0 Å². The highest BCUT2D eigenvalue weighted by atomic mass is 19.1. The van der Waals surface area contributed by atoms with Crippen LogP contribution < -0.4 is 10.6 Å². The number of aromatic nitrogens is 2. The molecule has 8 heteroatoms. The van der Waals surface area contributed by atoms with E-state index in [0.29, 0.717) is 29.2 Å². The first-order chi connectivity index (χ1) is 15.4. The van der Waals surface area contributed by atoms with Crippen molar-refractivity contribution in [2.45, 2.75) is 39.8 Å². The summed E-state index contributed by atoms with van der Waals surface area (Å²) in [6, 6.07) is 6.33. The lowest BCUT2D eigenvalue weighted by Gasteiger charge is -2.10. The van der Waals surface area contributed by atoms with Gasteiger partial charge in [-0.3, -0.25) is 4.79 Å². The Balaban J connectivity index is 1.72. The Bertz CT molecular complexity index is 1110. The molecule has 2 aromatic rings. The monoisotopic (exact) mass is 435 g/mol. The fourth-order valence-electron chi connectivity index (χ4n) is 3.22. The molecule has 0 spiro atoms. The van der Waals surface area contributed by atoms with Gasteiger partial charge in [0.1, 0.15) is 23.0 Å². The Morgan fingerprint density at radius 1 is 1.31 bits per heavy atom. The predicted octanol–water partition coefficient (Wildman–Crippen LogP) is 3.85. The normalized spacial score (nSPS) is 15.9.